The molecule has 0 bridgehead atoms. The number of amides is 1. The number of rotatable bonds is 7. The number of carbonyl (C=O) groups is 2. The molecule has 0 saturated carbocycles. The van der Waals surface area contributed by atoms with Gasteiger partial charge in [0.15, 0.2) is 5.78 Å². The van der Waals surface area contributed by atoms with Crippen molar-refractivity contribution in [3.05, 3.63) is 101 Å². The van der Waals surface area contributed by atoms with Crippen molar-refractivity contribution in [2.75, 3.05) is 6.54 Å². The van der Waals surface area contributed by atoms with Gasteiger partial charge in [-0.3, -0.25) is 9.59 Å². The van der Waals surface area contributed by atoms with Crippen molar-refractivity contribution in [3.8, 4) is 0 Å². The molecule has 1 aliphatic rings. The predicted molar refractivity (Wildman–Crippen MR) is 136 cm³/mol. The Morgan fingerprint density at radius 3 is 2.20 bits per heavy atom. The number of carbonyl (C=O) groups excluding carboxylic acids is 2. The number of hydrogen-bond donors (Lipinski definition) is 0. The standard InChI is InChI=1S/C28H28N2O4S/c1-3-4-10-19-30-26(27(31)21-11-6-5-7-12-21)25(23-13-8-9-14-24(23)35(30,33)34)29-28(32)22-17-15-20(2)16-18-22/h5-9,11-18,26H,3-4,10,19H2,1-2H3. The summed E-state index contributed by atoms with van der Waals surface area (Å²) in [5.41, 5.74) is 2.18. The van der Waals surface area contributed by atoms with E-state index in [1.54, 1.807) is 60.7 Å². The molecule has 0 aromatic heterocycles. The largest absolute Gasteiger partial charge is 0.292 e. The lowest BCUT2D eigenvalue weighted by molar-refractivity contribution is 0.0934. The molecule has 3 aromatic carbocycles. The summed E-state index contributed by atoms with van der Waals surface area (Å²) in [5.74, 6) is -0.927. The van der Waals surface area contributed by atoms with Gasteiger partial charge in [0.1, 0.15) is 6.04 Å². The normalized spacial score (nSPS) is 18.2. The van der Waals surface area contributed by atoms with E-state index < -0.39 is 27.8 Å². The van der Waals surface area contributed by atoms with E-state index in [1.807, 2.05) is 26.0 Å². The first-order valence-corrected chi connectivity index (χ1v) is 13.2. The van der Waals surface area contributed by atoms with Gasteiger partial charge >= 0.3 is 0 Å². The van der Waals surface area contributed by atoms with Gasteiger partial charge in [0.25, 0.3) is 5.91 Å². The fraction of sp³-hybridized carbons (Fsp3) is 0.250. The van der Waals surface area contributed by atoms with Crippen molar-refractivity contribution in [2.24, 2.45) is 4.99 Å². The SMILES string of the molecule is CCCCCN1C(C(=O)c2ccccc2)C(=NC(=O)c2ccc(C)cc2)c2ccccc2S1(=O)=O. The zero-order valence-electron chi connectivity index (χ0n) is 19.8. The average molecular weight is 489 g/mol. The second-order valence-corrected chi connectivity index (χ2v) is 10.5. The molecule has 1 amide bonds. The van der Waals surface area contributed by atoms with E-state index in [4.69, 9.17) is 0 Å². The summed E-state index contributed by atoms with van der Waals surface area (Å²) in [7, 11) is -3.98. The Bertz CT molecular complexity index is 1360. The van der Waals surface area contributed by atoms with E-state index in [0.717, 1.165) is 18.4 Å². The molecule has 4 rings (SSSR count). The summed E-state index contributed by atoms with van der Waals surface area (Å²) < 4.78 is 28.7. The zero-order valence-corrected chi connectivity index (χ0v) is 20.7. The fourth-order valence-corrected chi connectivity index (χ4v) is 6.02. The number of ketones is 1. The number of nitrogens with zero attached hydrogens (tertiary/aromatic N) is 2. The maximum Gasteiger partial charge on any atom is 0.277 e. The summed E-state index contributed by atoms with van der Waals surface area (Å²) in [6.07, 6.45) is 2.30. The Labute approximate surface area is 206 Å². The first-order valence-electron chi connectivity index (χ1n) is 11.7. The first kappa shape index (κ1) is 24.7. The third kappa shape index (κ3) is 5.01. The minimum Gasteiger partial charge on any atom is -0.292 e. The quantitative estimate of drug-likeness (QED) is 0.343. The molecule has 0 aliphatic carbocycles. The Kier molecular flexibility index (Phi) is 7.38. The van der Waals surface area contributed by atoms with Crippen LogP contribution in [0.5, 0.6) is 0 Å². The Balaban J connectivity index is 1.92. The smallest absolute Gasteiger partial charge is 0.277 e. The van der Waals surface area contributed by atoms with Crippen LogP contribution in [0.3, 0.4) is 0 Å². The van der Waals surface area contributed by atoms with Crippen molar-refractivity contribution in [1.29, 1.82) is 0 Å². The lowest BCUT2D eigenvalue weighted by Crippen LogP contribution is -2.54. The summed E-state index contributed by atoms with van der Waals surface area (Å²) in [5, 5.41) is 0. The fourth-order valence-electron chi connectivity index (χ4n) is 4.23. The molecule has 3 aromatic rings. The van der Waals surface area contributed by atoms with Gasteiger partial charge < -0.3 is 0 Å². The topological polar surface area (TPSA) is 83.9 Å². The summed E-state index contributed by atoms with van der Waals surface area (Å²) in [6.45, 7) is 4.11. The number of unbranched alkanes of at least 4 members (excludes halogenated alkanes) is 2. The third-order valence-corrected chi connectivity index (χ3v) is 8.03. The van der Waals surface area contributed by atoms with Crippen molar-refractivity contribution in [2.45, 2.75) is 44.0 Å². The zero-order chi connectivity index (χ0) is 25.0. The van der Waals surface area contributed by atoms with Gasteiger partial charge in [0.2, 0.25) is 10.0 Å². The number of aliphatic imine (C=N–C) groups is 1. The molecule has 1 aliphatic heterocycles. The van der Waals surface area contributed by atoms with Gasteiger partial charge in [-0.1, -0.05) is 86.0 Å². The van der Waals surface area contributed by atoms with E-state index in [2.05, 4.69) is 4.99 Å². The maximum atomic E-state index is 13.8. The summed E-state index contributed by atoms with van der Waals surface area (Å²) in [4.78, 5) is 31.5. The van der Waals surface area contributed by atoms with Gasteiger partial charge in [-0.05, 0) is 31.5 Å². The third-order valence-electron chi connectivity index (χ3n) is 6.11. The molecule has 7 heteroatoms. The molecule has 180 valence electrons. The van der Waals surface area contributed by atoms with Crippen LogP contribution in [0.15, 0.2) is 88.8 Å². The van der Waals surface area contributed by atoms with E-state index in [9.17, 15) is 18.0 Å². The highest BCUT2D eigenvalue weighted by Gasteiger charge is 2.46. The van der Waals surface area contributed by atoms with Crippen LogP contribution in [0.2, 0.25) is 0 Å². The highest BCUT2D eigenvalue weighted by molar-refractivity contribution is 7.89. The average Bonchev–Trinajstić information content (AvgIpc) is 2.87. The highest BCUT2D eigenvalue weighted by Crippen LogP contribution is 2.33. The number of sulfonamides is 1. The van der Waals surface area contributed by atoms with Gasteiger partial charge in [-0.2, -0.15) is 4.31 Å². The van der Waals surface area contributed by atoms with Gasteiger partial charge in [-0.15, -0.1) is 0 Å². The van der Waals surface area contributed by atoms with E-state index >= 15 is 0 Å². The van der Waals surface area contributed by atoms with Gasteiger partial charge in [-0.25, -0.2) is 13.4 Å². The molecule has 0 spiro atoms. The van der Waals surface area contributed by atoms with Gasteiger partial charge in [0, 0.05) is 23.2 Å². The van der Waals surface area contributed by atoms with Crippen LogP contribution in [0, 0.1) is 6.92 Å². The second kappa shape index (κ2) is 10.5. The number of benzene rings is 3. The maximum absolute atomic E-state index is 13.8. The van der Waals surface area contributed by atoms with Crippen LogP contribution >= 0.6 is 0 Å². The number of Topliss-reactive ketones (excluding diaryl/α,β-unsaturated/α-hetero) is 1. The number of aryl methyl sites for hydroxylation is 1. The highest BCUT2D eigenvalue weighted by atomic mass is 32.2. The predicted octanol–water partition coefficient (Wildman–Crippen LogP) is 5.07. The number of hydrogen-bond acceptors (Lipinski definition) is 4. The minimum atomic E-state index is -3.98. The van der Waals surface area contributed by atoms with Crippen molar-refractivity contribution in [3.63, 3.8) is 0 Å². The minimum absolute atomic E-state index is 0.0593. The van der Waals surface area contributed by atoms with Crippen LogP contribution in [-0.4, -0.2) is 42.7 Å². The molecule has 1 atom stereocenters. The van der Waals surface area contributed by atoms with Crippen molar-refractivity contribution in [1.82, 2.24) is 4.31 Å². The second-order valence-electron chi connectivity index (χ2n) is 8.62. The molecule has 0 fully saturated rings. The Hall–Kier alpha value is -3.42. The van der Waals surface area contributed by atoms with Crippen LogP contribution in [0.1, 0.15) is 58.0 Å². The van der Waals surface area contributed by atoms with Crippen LogP contribution in [0.4, 0.5) is 0 Å². The summed E-state index contributed by atoms with van der Waals surface area (Å²) >= 11 is 0. The molecule has 0 saturated heterocycles. The van der Waals surface area contributed by atoms with E-state index in [-0.39, 0.29) is 22.7 Å². The number of fused-ring (bicyclic) bond motifs is 1. The van der Waals surface area contributed by atoms with Crippen LogP contribution in [-0.2, 0) is 10.0 Å². The molecule has 35 heavy (non-hydrogen) atoms. The van der Waals surface area contributed by atoms with Crippen LogP contribution in [0.25, 0.3) is 0 Å². The van der Waals surface area contributed by atoms with Crippen LogP contribution < -0.4 is 0 Å². The summed E-state index contributed by atoms with van der Waals surface area (Å²) in [6, 6.07) is 20.8. The lowest BCUT2D eigenvalue weighted by Gasteiger charge is -2.36. The molecule has 1 heterocycles. The Morgan fingerprint density at radius 1 is 0.857 bits per heavy atom. The van der Waals surface area contributed by atoms with E-state index in [1.165, 1.54) is 10.4 Å². The molecular weight excluding hydrogens is 460 g/mol. The molecule has 6 nitrogen and oxygen atoms in total. The molecule has 0 radical (unpaired) electrons. The van der Waals surface area contributed by atoms with E-state index in [0.29, 0.717) is 17.5 Å². The Morgan fingerprint density at radius 2 is 1.51 bits per heavy atom. The molecule has 1 unspecified atom stereocenters. The van der Waals surface area contributed by atoms with Crippen molar-refractivity contribution >= 4 is 27.4 Å². The molecule has 0 N–H and O–H groups in total. The van der Waals surface area contributed by atoms with Crippen molar-refractivity contribution < 1.29 is 18.0 Å². The first-order chi connectivity index (χ1) is 16.8. The molecular formula is C28H28N2O4S. The monoisotopic (exact) mass is 488 g/mol. The van der Waals surface area contributed by atoms with Gasteiger partial charge in [0.05, 0.1) is 10.6 Å². The lowest BCUT2D eigenvalue weighted by atomic mass is 9.94.